The molecule has 0 aromatic carbocycles. The van der Waals surface area contributed by atoms with Crippen molar-refractivity contribution in [3.05, 3.63) is 21.6 Å². The van der Waals surface area contributed by atoms with Crippen LogP contribution in [0.25, 0.3) is 0 Å². The van der Waals surface area contributed by atoms with Crippen LogP contribution in [0.5, 0.6) is 0 Å². The Morgan fingerprint density at radius 1 is 1.47 bits per heavy atom. The van der Waals surface area contributed by atoms with Crippen molar-refractivity contribution in [3.63, 3.8) is 0 Å². The molecular weight excluding hydrogens is 216 g/mol. The molecule has 17 heavy (non-hydrogen) atoms. The number of nitrogens with zero attached hydrogens (tertiary/aromatic N) is 1. The van der Waals surface area contributed by atoms with E-state index in [2.05, 4.69) is 27.8 Å². The maximum Gasteiger partial charge on any atom is 0.269 e. The van der Waals surface area contributed by atoms with E-state index >= 15 is 0 Å². The van der Waals surface area contributed by atoms with Gasteiger partial charge < -0.3 is 10.6 Å². The van der Waals surface area contributed by atoms with E-state index in [4.69, 9.17) is 0 Å². The lowest BCUT2D eigenvalue weighted by Crippen LogP contribution is -2.25. The van der Waals surface area contributed by atoms with Crippen molar-refractivity contribution < 1.29 is 0 Å². The summed E-state index contributed by atoms with van der Waals surface area (Å²) in [5.41, 5.74) is 2.82. The highest BCUT2D eigenvalue weighted by Gasteiger charge is 2.16. The first-order valence-corrected chi connectivity index (χ1v) is 6.38. The summed E-state index contributed by atoms with van der Waals surface area (Å²) in [5, 5.41) is 13.4. The lowest BCUT2D eigenvalue weighted by Gasteiger charge is -2.19. The molecule has 0 fully saturated rings. The minimum Gasteiger partial charge on any atom is -0.383 e. The van der Waals surface area contributed by atoms with Crippen molar-refractivity contribution in [2.75, 3.05) is 25.0 Å². The summed E-state index contributed by atoms with van der Waals surface area (Å²) in [6, 6.07) is 0. The van der Waals surface area contributed by atoms with Crippen LogP contribution in [0.4, 0.5) is 5.69 Å². The van der Waals surface area contributed by atoms with Gasteiger partial charge in [-0.3, -0.25) is 4.79 Å². The van der Waals surface area contributed by atoms with Crippen LogP contribution in [0.3, 0.4) is 0 Å². The van der Waals surface area contributed by atoms with Crippen LogP contribution in [0, 0.1) is 0 Å². The van der Waals surface area contributed by atoms with Crippen molar-refractivity contribution in [2.45, 2.75) is 32.6 Å². The molecule has 1 aromatic heterocycles. The van der Waals surface area contributed by atoms with E-state index in [1.54, 1.807) is 0 Å². The fourth-order valence-corrected chi connectivity index (χ4v) is 2.19. The van der Waals surface area contributed by atoms with Gasteiger partial charge in [-0.2, -0.15) is 5.10 Å². The Bertz CT molecular complexity index is 427. The van der Waals surface area contributed by atoms with Crippen LogP contribution in [-0.2, 0) is 12.8 Å². The lowest BCUT2D eigenvalue weighted by molar-refractivity contribution is 0.659. The first kappa shape index (κ1) is 12.1. The van der Waals surface area contributed by atoms with Gasteiger partial charge in [0.25, 0.3) is 5.56 Å². The summed E-state index contributed by atoms with van der Waals surface area (Å²) < 4.78 is 0. The first-order chi connectivity index (χ1) is 8.33. The maximum atomic E-state index is 11.6. The minimum atomic E-state index is -0.0392. The Labute approximate surface area is 101 Å². The molecule has 1 aliphatic rings. The molecule has 2 heterocycles. The SMILES string of the molecule is CCNCCCc1n[nH]c(=O)c2c1NCCC2. The van der Waals surface area contributed by atoms with Crippen molar-refractivity contribution in [1.29, 1.82) is 0 Å². The molecule has 94 valence electrons. The quantitative estimate of drug-likeness (QED) is 0.657. The van der Waals surface area contributed by atoms with E-state index in [1.165, 1.54) is 0 Å². The van der Waals surface area contributed by atoms with E-state index in [0.717, 1.165) is 62.3 Å². The van der Waals surface area contributed by atoms with Crippen LogP contribution < -0.4 is 16.2 Å². The summed E-state index contributed by atoms with van der Waals surface area (Å²) in [6.45, 7) is 5.03. The fraction of sp³-hybridized carbons (Fsp3) is 0.667. The van der Waals surface area contributed by atoms with Gasteiger partial charge in [0.2, 0.25) is 0 Å². The fourth-order valence-electron chi connectivity index (χ4n) is 2.19. The van der Waals surface area contributed by atoms with Gasteiger partial charge in [0.1, 0.15) is 0 Å². The van der Waals surface area contributed by atoms with Gasteiger partial charge in [0.15, 0.2) is 0 Å². The predicted octanol–water partition coefficient (Wildman–Crippen LogP) is 0.670. The molecule has 0 radical (unpaired) electrons. The number of aryl methyl sites for hydroxylation is 1. The number of aromatic amines is 1. The summed E-state index contributed by atoms with van der Waals surface area (Å²) in [7, 11) is 0. The molecule has 0 unspecified atom stereocenters. The number of nitrogens with one attached hydrogen (secondary N) is 3. The Morgan fingerprint density at radius 2 is 2.35 bits per heavy atom. The van der Waals surface area contributed by atoms with Gasteiger partial charge in [0, 0.05) is 12.1 Å². The summed E-state index contributed by atoms with van der Waals surface area (Å²) in [6.07, 6.45) is 3.83. The molecule has 0 saturated carbocycles. The zero-order valence-corrected chi connectivity index (χ0v) is 10.3. The largest absolute Gasteiger partial charge is 0.383 e. The smallest absolute Gasteiger partial charge is 0.269 e. The number of H-pyrrole nitrogens is 1. The Kier molecular flexibility index (Phi) is 4.14. The second-order valence-electron chi connectivity index (χ2n) is 4.34. The summed E-state index contributed by atoms with van der Waals surface area (Å²) >= 11 is 0. The third kappa shape index (κ3) is 2.85. The zero-order valence-electron chi connectivity index (χ0n) is 10.3. The Morgan fingerprint density at radius 3 is 3.18 bits per heavy atom. The van der Waals surface area contributed by atoms with Gasteiger partial charge in [-0.25, -0.2) is 5.10 Å². The number of hydrogen-bond acceptors (Lipinski definition) is 4. The van der Waals surface area contributed by atoms with Crippen LogP contribution >= 0.6 is 0 Å². The monoisotopic (exact) mass is 236 g/mol. The number of anilines is 1. The Balaban J connectivity index is 2.09. The average molecular weight is 236 g/mol. The molecule has 5 nitrogen and oxygen atoms in total. The minimum absolute atomic E-state index is 0.0392. The van der Waals surface area contributed by atoms with Crippen molar-refractivity contribution in [1.82, 2.24) is 15.5 Å². The molecule has 0 bridgehead atoms. The van der Waals surface area contributed by atoms with E-state index in [9.17, 15) is 4.79 Å². The lowest BCUT2D eigenvalue weighted by atomic mass is 10.0. The summed E-state index contributed by atoms with van der Waals surface area (Å²) in [5.74, 6) is 0. The van der Waals surface area contributed by atoms with Gasteiger partial charge in [0.05, 0.1) is 11.4 Å². The van der Waals surface area contributed by atoms with Crippen molar-refractivity contribution in [3.8, 4) is 0 Å². The molecule has 1 aromatic rings. The molecule has 2 rings (SSSR count). The molecule has 0 amide bonds. The topological polar surface area (TPSA) is 69.8 Å². The van der Waals surface area contributed by atoms with Crippen LogP contribution in [-0.4, -0.2) is 29.8 Å². The number of aromatic nitrogens is 2. The van der Waals surface area contributed by atoms with E-state index in [-0.39, 0.29) is 5.56 Å². The summed E-state index contributed by atoms with van der Waals surface area (Å²) in [4.78, 5) is 11.6. The number of rotatable bonds is 5. The predicted molar refractivity (Wildman–Crippen MR) is 68.5 cm³/mol. The molecule has 0 saturated heterocycles. The first-order valence-electron chi connectivity index (χ1n) is 6.38. The van der Waals surface area contributed by atoms with Gasteiger partial charge in [-0.05, 0) is 38.8 Å². The molecule has 0 spiro atoms. The van der Waals surface area contributed by atoms with Crippen LogP contribution in [0.1, 0.15) is 31.0 Å². The normalized spacial score (nSPS) is 14.2. The van der Waals surface area contributed by atoms with E-state index in [1.807, 2.05) is 0 Å². The van der Waals surface area contributed by atoms with Crippen LogP contribution in [0.2, 0.25) is 0 Å². The molecule has 1 aliphatic heterocycles. The number of fused-ring (bicyclic) bond motifs is 1. The second-order valence-corrected chi connectivity index (χ2v) is 4.34. The average Bonchev–Trinajstić information content (AvgIpc) is 2.37. The molecule has 0 aliphatic carbocycles. The van der Waals surface area contributed by atoms with E-state index < -0.39 is 0 Å². The molecular formula is C12H20N4O. The molecule has 3 N–H and O–H groups in total. The highest BCUT2D eigenvalue weighted by Crippen LogP contribution is 2.21. The standard InChI is InChI=1S/C12H20N4O/c1-2-13-7-4-6-10-11-9(5-3-8-14-11)12(17)16-15-10/h13-14H,2-8H2,1H3,(H,16,17). The molecule has 0 atom stereocenters. The second kappa shape index (κ2) is 5.82. The van der Waals surface area contributed by atoms with Gasteiger partial charge in [-0.15, -0.1) is 0 Å². The molecule has 5 heteroatoms. The van der Waals surface area contributed by atoms with Crippen molar-refractivity contribution in [2.24, 2.45) is 0 Å². The third-order valence-corrected chi connectivity index (χ3v) is 3.08. The highest BCUT2D eigenvalue weighted by atomic mass is 16.1. The third-order valence-electron chi connectivity index (χ3n) is 3.08. The zero-order chi connectivity index (χ0) is 12.1. The Hall–Kier alpha value is -1.36. The van der Waals surface area contributed by atoms with Gasteiger partial charge in [-0.1, -0.05) is 6.92 Å². The van der Waals surface area contributed by atoms with Crippen LogP contribution in [0.15, 0.2) is 4.79 Å². The van der Waals surface area contributed by atoms with E-state index in [0.29, 0.717) is 0 Å². The van der Waals surface area contributed by atoms with Crippen molar-refractivity contribution >= 4 is 5.69 Å². The van der Waals surface area contributed by atoms with Gasteiger partial charge >= 0.3 is 0 Å². The number of hydrogen-bond donors (Lipinski definition) is 3. The highest BCUT2D eigenvalue weighted by molar-refractivity contribution is 5.55. The maximum absolute atomic E-state index is 11.6.